The number of aromatic nitrogens is 5. The van der Waals surface area contributed by atoms with Crippen LogP contribution in [0.2, 0.25) is 0 Å². The number of carbonyl (C=O) groups is 6. The van der Waals surface area contributed by atoms with Gasteiger partial charge in [-0.3, -0.25) is 23.6 Å². The summed E-state index contributed by atoms with van der Waals surface area (Å²) in [6.07, 6.45) is 1.89. The first kappa shape index (κ1) is 64.2. The number of nitrogens with two attached hydrogens (primary N) is 2. The first-order valence-electron chi connectivity index (χ1n) is 23.0. The molecule has 418 valence electrons. The molecule has 7 N–H and O–H groups in total. The van der Waals surface area contributed by atoms with Crippen LogP contribution in [0.5, 0.6) is 0 Å². The van der Waals surface area contributed by atoms with Gasteiger partial charge < -0.3 is 63.7 Å². The highest BCUT2D eigenvalue weighted by Gasteiger charge is 2.27. The van der Waals surface area contributed by atoms with Gasteiger partial charge in [0.05, 0.1) is 29.2 Å². The van der Waals surface area contributed by atoms with Crippen LogP contribution in [0.25, 0.3) is 44.3 Å². The lowest BCUT2D eigenvalue weighted by Gasteiger charge is -2.09. The number of esters is 1. The molecule has 0 spiro atoms. The Kier molecular flexibility index (Phi) is 25.4. The number of likely N-dealkylation sites (N-methyl/N-ethyl adjacent to an activating group) is 2. The van der Waals surface area contributed by atoms with Crippen molar-refractivity contribution in [3.05, 3.63) is 104 Å². The van der Waals surface area contributed by atoms with Crippen LogP contribution in [-0.2, 0) is 47.5 Å². The SMILES string of the molecule is CC=O.CCOC(=O)CO.CN1C(=O)COC1=O.CN1C(=O)OCC1O.Cc1cc2c(cc1-c1c(C)noc1C)nc(C)c1oc(=O)n(C)c12.Cc1ccc(N)cc1-c1c(C)noc1C.Cn1ccoc1=O.NC(=O)CO. The molecule has 9 rings (SSSR count). The molecule has 77 heavy (non-hydrogen) atoms. The monoisotopic (exact) mass is 1080 g/mol. The molecule has 1 atom stereocenters. The number of benzene rings is 2. The quantitative estimate of drug-likeness (QED) is 0.0711. The number of pyridine rings is 1. The zero-order valence-electron chi connectivity index (χ0n) is 45.0. The van der Waals surface area contributed by atoms with Gasteiger partial charge in [0.2, 0.25) is 5.91 Å². The topological polar surface area (TPSA) is 385 Å². The number of amides is 4. The fourth-order valence-corrected chi connectivity index (χ4v) is 6.55. The van der Waals surface area contributed by atoms with Gasteiger partial charge in [0.25, 0.3) is 5.91 Å². The molecule has 0 saturated carbocycles. The fraction of sp³-hybridized carbons (Fsp3) is 0.380. The zero-order valence-corrected chi connectivity index (χ0v) is 45.0. The van der Waals surface area contributed by atoms with E-state index in [1.54, 1.807) is 27.2 Å². The summed E-state index contributed by atoms with van der Waals surface area (Å²) in [5.41, 5.74) is 22.0. The average Bonchev–Trinajstić information content (AvgIpc) is 4.23. The van der Waals surface area contributed by atoms with E-state index >= 15 is 0 Å². The van der Waals surface area contributed by atoms with Crippen LogP contribution in [0.3, 0.4) is 0 Å². The summed E-state index contributed by atoms with van der Waals surface area (Å²) in [7, 11) is 6.22. The zero-order chi connectivity index (χ0) is 58.4. The van der Waals surface area contributed by atoms with E-state index in [1.807, 2.05) is 71.9 Å². The van der Waals surface area contributed by atoms with E-state index in [0.717, 1.165) is 88.9 Å². The lowest BCUT2D eigenvalue weighted by atomic mass is 9.96. The Bertz CT molecular complexity index is 3200. The molecule has 2 aliphatic heterocycles. The lowest BCUT2D eigenvalue weighted by molar-refractivity contribution is -0.146. The summed E-state index contributed by atoms with van der Waals surface area (Å²) < 4.78 is 36.1. The predicted octanol–water partition coefficient (Wildman–Crippen LogP) is 3.59. The van der Waals surface area contributed by atoms with Crippen LogP contribution in [-0.4, -0.2) is 139 Å². The number of nitrogen functional groups attached to an aromatic ring is 1. The number of fused-ring (bicyclic) bond motifs is 3. The fourth-order valence-electron chi connectivity index (χ4n) is 6.55. The maximum Gasteiger partial charge on any atom is 0.419 e. The van der Waals surface area contributed by atoms with Crippen molar-refractivity contribution in [1.29, 1.82) is 0 Å². The van der Waals surface area contributed by atoms with Crippen molar-refractivity contribution in [3.63, 3.8) is 0 Å². The summed E-state index contributed by atoms with van der Waals surface area (Å²) in [4.78, 5) is 87.9. The number of cyclic esters (lactones) is 2. The number of rotatable bonds is 5. The van der Waals surface area contributed by atoms with E-state index in [1.165, 1.54) is 42.0 Å². The molecule has 2 saturated heterocycles. The molecular formula is C50H65N9O18. The highest BCUT2D eigenvalue weighted by molar-refractivity contribution is 6.04. The Morgan fingerprint density at radius 1 is 0.805 bits per heavy atom. The van der Waals surface area contributed by atoms with Gasteiger partial charge in [-0.05, 0) is 109 Å². The lowest BCUT2D eigenvalue weighted by Crippen LogP contribution is -2.28. The predicted molar refractivity (Wildman–Crippen MR) is 277 cm³/mol. The van der Waals surface area contributed by atoms with Crippen molar-refractivity contribution >= 4 is 63.9 Å². The Hall–Kier alpha value is -8.95. The van der Waals surface area contributed by atoms with Crippen LogP contribution in [0.1, 0.15) is 53.6 Å². The second kappa shape index (κ2) is 30.4. The minimum atomic E-state index is -0.748. The van der Waals surface area contributed by atoms with Gasteiger partial charge >= 0.3 is 29.7 Å². The number of imide groups is 1. The van der Waals surface area contributed by atoms with Crippen LogP contribution in [0.4, 0.5) is 15.3 Å². The van der Waals surface area contributed by atoms with Gasteiger partial charge in [-0.1, -0.05) is 16.4 Å². The van der Waals surface area contributed by atoms with Gasteiger partial charge in [-0.2, -0.15) is 0 Å². The molecule has 2 aliphatic rings. The number of nitrogens with zero attached hydrogens (tertiary/aromatic N) is 7. The normalized spacial score (nSPS) is 12.9. The largest absolute Gasteiger partial charge is 0.464 e. The summed E-state index contributed by atoms with van der Waals surface area (Å²) in [5, 5.41) is 33.3. The molecule has 7 aromatic rings. The minimum Gasteiger partial charge on any atom is -0.464 e. The van der Waals surface area contributed by atoms with Crippen LogP contribution >= 0.6 is 0 Å². The number of hydrogen-bond acceptors (Lipinski definition) is 22. The molecule has 1 unspecified atom stereocenters. The number of aryl methyl sites for hydroxylation is 9. The van der Waals surface area contributed by atoms with Gasteiger partial charge in [0.15, 0.2) is 18.4 Å². The number of aliphatic hydroxyl groups is 3. The van der Waals surface area contributed by atoms with Crippen molar-refractivity contribution in [1.82, 2.24) is 34.2 Å². The van der Waals surface area contributed by atoms with Gasteiger partial charge in [-0.25, -0.2) is 33.9 Å². The van der Waals surface area contributed by atoms with E-state index in [-0.39, 0.29) is 30.6 Å². The average molecular weight is 1080 g/mol. The third kappa shape index (κ3) is 18.1. The first-order chi connectivity index (χ1) is 36.2. The molecule has 27 heteroatoms. The molecule has 0 aliphatic carbocycles. The van der Waals surface area contributed by atoms with Crippen LogP contribution < -0.4 is 23.0 Å². The number of hydrogen-bond donors (Lipinski definition) is 5. The highest BCUT2D eigenvalue weighted by Crippen LogP contribution is 2.35. The molecule has 4 amide bonds. The second-order valence-corrected chi connectivity index (χ2v) is 16.2. The van der Waals surface area contributed by atoms with Crippen LogP contribution in [0.15, 0.2) is 70.3 Å². The Balaban J connectivity index is 0.000000330. The third-order valence-corrected chi connectivity index (χ3v) is 10.5. The van der Waals surface area contributed by atoms with Crippen molar-refractivity contribution in [2.24, 2.45) is 19.8 Å². The summed E-state index contributed by atoms with van der Waals surface area (Å²) in [5.74, 6) is -0.623. The van der Waals surface area contributed by atoms with E-state index in [0.29, 0.717) is 17.9 Å². The first-order valence-corrected chi connectivity index (χ1v) is 23.0. The molecule has 27 nitrogen and oxygen atoms in total. The Labute approximate surface area is 440 Å². The number of aldehydes is 1. The van der Waals surface area contributed by atoms with Crippen LogP contribution in [0, 0.1) is 48.5 Å². The minimum absolute atomic E-state index is 0.0926. The summed E-state index contributed by atoms with van der Waals surface area (Å²) >= 11 is 0. The Morgan fingerprint density at radius 2 is 1.36 bits per heavy atom. The maximum absolute atomic E-state index is 11.9. The molecule has 2 fully saturated rings. The molecule has 2 aromatic carbocycles. The maximum atomic E-state index is 11.9. The van der Waals surface area contributed by atoms with Crippen molar-refractivity contribution < 1.29 is 76.2 Å². The Morgan fingerprint density at radius 3 is 1.70 bits per heavy atom. The van der Waals surface area contributed by atoms with E-state index < -0.39 is 43.5 Å². The number of ether oxygens (including phenoxy) is 3. The van der Waals surface area contributed by atoms with Crippen molar-refractivity contribution in [3.8, 4) is 22.3 Å². The second-order valence-electron chi connectivity index (χ2n) is 16.2. The number of anilines is 1. The van der Waals surface area contributed by atoms with Gasteiger partial charge in [-0.15, -0.1) is 0 Å². The molecule has 0 radical (unpaired) electrons. The third-order valence-electron chi connectivity index (χ3n) is 10.5. The standard InChI is InChI=1S/C18H17N3O3.C12H14N2O.C4H7NO3.C4H5NO3.C4H5NO2.C4H8O3.C2H5NO2.C2H4O/c1-8-6-13-14(7-12(8)15-9(2)20-24-11(15)4)19-10(3)17-16(13)21(5)18(22)23-17;1-7-4-5-10(13)6-11(7)12-8(2)14-15-9(12)3;2*1-5-3(6)2-8-4(5)7;1-5-2-3-7-4(5)6;1-2-7-4(6)3-5;3-2(5)1-4;1-2-3/h6-7H,1-5H3;4-6H,13H2,1-3H3;3,6H,2H2,1H3;2H2,1H3;2-3H,1H3;5H,2-3H2,1H3;4H,1H2,(H2,3,5);2H,1H3. The van der Waals surface area contributed by atoms with Gasteiger partial charge in [0, 0.05) is 56.6 Å². The smallest absolute Gasteiger partial charge is 0.419 e. The number of oxazole rings is 2. The van der Waals surface area contributed by atoms with E-state index in [4.69, 9.17) is 39.3 Å². The summed E-state index contributed by atoms with van der Waals surface area (Å²) in [6.45, 7) is 16.0. The van der Waals surface area contributed by atoms with Crippen molar-refractivity contribution in [2.75, 3.05) is 52.9 Å². The molecule has 0 bridgehead atoms. The van der Waals surface area contributed by atoms with E-state index in [9.17, 15) is 33.6 Å². The van der Waals surface area contributed by atoms with Gasteiger partial charge in [0.1, 0.15) is 49.4 Å². The highest BCUT2D eigenvalue weighted by atomic mass is 16.6. The summed E-state index contributed by atoms with van der Waals surface area (Å²) in [6, 6.07) is 9.94. The molecular weight excluding hydrogens is 1010 g/mol. The van der Waals surface area contributed by atoms with Crippen molar-refractivity contribution in [2.45, 2.75) is 68.5 Å². The number of carbonyl (C=O) groups excluding carboxylic acids is 6. The molecule has 7 heterocycles. The van der Waals surface area contributed by atoms with E-state index in [2.05, 4.69) is 46.6 Å². The molecule has 5 aromatic heterocycles. The number of aliphatic hydroxyl groups excluding tert-OH is 3. The number of primary amides is 1.